The molecule has 3 N–H and O–H groups in total. The number of nitrogens with two attached hydrogens (primary N) is 1. The van der Waals surface area contributed by atoms with Gasteiger partial charge in [0.25, 0.3) is 0 Å². The smallest absolute Gasteiger partial charge is 0.239 e. The van der Waals surface area contributed by atoms with Gasteiger partial charge in [-0.25, -0.2) is 0 Å². The first-order chi connectivity index (χ1) is 10.6. The Hall–Kier alpha value is -1.10. The molecule has 0 aliphatic heterocycles. The molecule has 0 spiro atoms. The summed E-state index contributed by atoms with van der Waals surface area (Å²) in [6, 6.07) is 7.05. The number of ether oxygens (including phenoxy) is 1. The van der Waals surface area contributed by atoms with Gasteiger partial charge in [-0.05, 0) is 36.5 Å². The standard InChI is InChI=1S/C17H25ClN2O2/c1-22-11-15(19)17(21)20-16(12-6-3-2-4-7-12)13-8-5-9-14(18)10-13/h5,8-10,12,15-16H,2-4,6-7,11,19H2,1H3,(H,20,21). The van der Waals surface area contributed by atoms with E-state index in [4.69, 9.17) is 22.1 Å². The molecule has 1 amide bonds. The Morgan fingerprint density at radius 2 is 2.14 bits per heavy atom. The van der Waals surface area contributed by atoms with E-state index in [1.807, 2.05) is 24.3 Å². The summed E-state index contributed by atoms with van der Waals surface area (Å²) in [5.74, 6) is 0.267. The minimum absolute atomic E-state index is 0.0330. The van der Waals surface area contributed by atoms with Crippen molar-refractivity contribution in [2.75, 3.05) is 13.7 Å². The maximum Gasteiger partial charge on any atom is 0.239 e. The predicted molar refractivity (Wildman–Crippen MR) is 88.8 cm³/mol. The first-order valence-corrected chi connectivity index (χ1v) is 8.30. The molecule has 5 heteroatoms. The van der Waals surface area contributed by atoms with Crippen LogP contribution in [0, 0.1) is 5.92 Å². The van der Waals surface area contributed by atoms with Crippen molar-refractivity contribution in [2.24, 2.45) is 11.7 Å². The summed E-state index contributed by atoms with van der Waals surface area (Å²) in [6.45, 7) is 0.221. The third-order valence-electron chi connectivity index (χ3n) is 4.31. The number of hydrogen-bond donors (Lipinski definition) is 2. The number of carbonyl (C=O) groups is 1. The molecule has 0 radical (unpaired) electrons. The van der Waals surface area contributed by atoms with Gasteiger partial charge in [-0.15, -0.1) is 0 Å². The number of hydrogen-bond acceptors (Lipinski definition) is 3. The SMILES string of the molecule is COCC(N)C(=O)NC(c1cccc(Cl)c1)C1CCCCC1. The normalized spacial score (nSPS) is 18.7. The zero-order chi connectivity index (χ0) is 15.9. The van der Waals surface area contributed by atoms with Crippen LogP contribution in [0.3, 0.4) is 0 Å². The Kier molecular flexibility index (Phi) is 6.68. The molecule has 0 bridgehead atoms. The fourth-order valence-corrected chi connectivity index (χ4v) is 3.36. The average molecular weight is 325 g/mol. The maximum atomic E-state index is 12.3. The van der Waals surface area contributed by atoms with E-state index in [-0.39, 0.29) is 18.6 Å². The van der Waals surface area contributed by atoms with Gasteiger partial charge in [0.1, 0.15) is 6.04 Å². The molecule has 0 aromatic heterocycles. The van der Waals surface area contributed by atoms with Crippen LogP contribution in [0.2, 0.25) is 5.02 Å². The Bertz CT molecular complexity index is 489. The third kappa shape index (κ3) is 4.70. The largest absolute Gasteiger partial charge is 0.383 e. The van der Waals surface area contributed by atoms with Gasteiger partial charge in [0.05, 0.1) is 12.6 Å². The monoisotopic (exact) mass is 324 g/mol. The van der Waals surface area contributed by atoms with Crippen molar-refractivity contribution in [1.29, 1.82) is 0 Å². The van der Waals surface area contributed by atoms with Gasteiger partial charge in [-0.3, -0.25) is 4.79 Å². The van der Waals surface area contributed by atoms with Gasteiger partial charge in [-0.1, -0.05) is 43.0 Å². The van der Waals surface area contributed by atoms with Gasteiger partial charge in [0.2, 0.25) is 5.91 Å². The lowest BCUT2D eigenvalue weighted by Gasteiger charge is -2.32. The molecule has 1 aliphatic rings. The zero-order valence-corrected chi connectivity index (χ0v) is 13.8. The summed E-state index contributed by atoms with van der Waals surface area (Å²) in [5, 5.41) is 3.80. The van der Waals surface area contributed by atoms with E-state index in [9.17, 15) is 4.79 Å². The molecule has 22 heavy (non-hydrogen) atoms. The lowest BCUT2D eigenvalue weighted by atomic mass is 9.81. The minimum Gasteiger partial charge on any atom is -0.383 e. The van der Waals surface area contributed by atoms with Crippen LogP contribution in [0.15, 0.2) is 24.3 Å². The van der Waals surface area contributed by atoms with E-state index in [1.54, 1.807) is 7.11 Å². The van der Waals surface area contributed by atoms with E-state index in [1.165, 1.54) is 19.3 Å². The van der Waals surface area contributed by atoms with Crippen molar-refractivity contribution >= 4 is 17.5 Å². The van der Waals surface area contributed by atoms with Crippen molar-refractivity contribution in [3.05, 3.63) is 34.9 Å². The lowest BCUT2D eigenvalue weighted by Crippen LogP contribution is -2.46. The summed E-state index contributed by atoms with van der Waals surface area (Å²) < 4.78 is 4.97. The molecule has 2 unspecified atom stereocenters. The lowest BCUT2D eigenvalue weighted by molar-refractivity contribution is -0.124. The number of methoxy groups -OCH3 is 1. The van der Waals surface area contributed by atoms with Crippen molar-refractivity contribution in [3.8, 4) is 0 Å². The number of nitrogens with one attached hydrogen (secondary N) is 1. The number of amides is 1. The van der Waals surface area contributed by atoms with Crippen LogP contribution in [0.25, 0.3) is 0 Å². The Labute approximate surface area is 137 Å². The number of halogens is 1. The Morgan fingerprint density at radius 3 is 2.77 bits per heavy atom. The summed E-state index contributed by atoms with van der Waals surface area (Å²) in [4.78, 5) is 12.3. The molecule has 4 nitrogen and oxygen atoms in total. The van der Waals surface area contributed by atoms with E-state index >= 15 is 0 Å². The summed E-state index contributed by atoms with van der Waals surface area (Å²) >= 11 is 6.12. The van der Waals surface area contributed by atoms with Crippen molar-refractivity contribution in [2.45, 2.75) is 44.2 Å². The fraction of sp³-hybridized carbons (Fsp3) is 0.588. The van der Waals surface area contributed by atoms with Crippen LogP contribution < -0.4 is 11.1 Å². The van der Waals surface area contributed by atoms with Gasteiger partial charge < -0.3 is 15.8 Å². The van der Waals surface area contributed by atoms with Crippen LogP contribution in [0.1, 0.15) is 43.7 Å². The first kappa shape index (κ1) is 17.3. The highest BCUT2D eigenvalue weighted by Crippen LogP contribution is 2.35. The molecule has 1 aromatic carbocycles. The summed E-state index contributed by atoms with van der Waals surface area (Å²) in [5.41, 5.74) is 6.90. The van der Waals surface area contributed by atoms with Gasteiger partial charge in [0.15, 0.2) is 0 Å². The van der Waals surface area contributed by atoms with Crippen LogP contribution in [-0.2, 0) is 9.53 Å². The van der Waals surface area contributed by atoms with E-state index in [0.29, 0.717) is 10.9 Å². The average Bonchev–Trinajstić information content (AvgIpc) is 2.53. The molecule has 2 rings (SSSR count). The number of benzene rings is 1. The fourth-order valence-electron chi connectivity index (χ4n) is 3.16. The zero-order valence-electron chi connectivity index (χ0n) is 13.1. The summed E-state index contributed by atoms with van der Waals surface area (Å²) in [6.07, 6.45) is 5.94. The van der Waals surface area contributed by atoms with Crippen molar-refractivity contribution in [3.63, 3.8) is 0 Å². The highest BCUT2D eigenvalue weighted by atomic mass is 35.5. The molecule has 122 valence electrons. The second-order valence-corrected chi connectivity index (χ2v) is 6.44. The van der Waals surface area contributed by atoms with Gasteiger partial charge in [0, 0.05) is 12.1 Å². The van der Waals surface area contributed by atoms with Gasteiger partial charge in [-0.2, -0.15) is 0 Å². The van der Waals surface area contributed by atoms with E-state index in [0.717, 1.165) is 18.4 Å². The molecule has 1 saturated carbocycles. The molecular weight excluding hydrogens is 300 g/mol. The third-order valence-corrected chi connectivity index (χ3v) is 4.54. The van der Waals surface area contributed by atoms with E-state index < -0.39 is 6.04 Å². The predicted octanol–water partition coefficient (Wildman–Crippen LogP) is 3.05. The Morgan fingerprint density at radius 1 is 1.41 bits per heavy atom. The summed E-state index contributed by atoms with van der Waals surface area (Å²) in [7, 11) is 1.54. The molecule has 0 heterocycles. The van der Waals surface area contributed by atoms with Crippen molar-refractivity contribution in [1.82, 2.24) is 5.32 Å². The van der Waals surface area contributed by atoms with Crippen LogP contribution in [0.4, 0.5) is 0 Å². The second kappa shape index (κ2) is 8.51. The van der Waals surface area contributed by atoms with Crippen LogP contribution in [-0.4, -0.2) is 25.7 Å². The second-order valence-electron chi connectivity index (χ2n) is 6.00. The van der Waals surface area contributed by atoms with E-state index in [2.05, 4.69) is 5.32 Å². The first-order valence-electron chi connectivity index (χ1n) is 7.92. The highest BCUT2D eigenvalue weighted by Gasteiger charge is 2.28. The highest BCUT2D eigenvalue weighted by molar-refractivity contribution is 6.30. The number of carbonyl (C=O) groups excluding carboxylic acids is 1. The molecule has 0 saturated heterocycles. The topological polar surface area (TPSA) is 64.3 Å². The molecule has 1 aliphatic carbocycles. The quantitative estimate of drug-likeness (QED) is 0.845. The van der Waals surface area contributed by atoms with Gasteiger partial charge >= 0.3 is 0 Å². The molecule has 2 atom stereocenters. The van der Waals surface area contributed by atoms with Crippen LogP contribution >= 0.6 is 11.6 Å². The Balaban J connectivity index is 2.15. The van der Waals surface area contributed by atoms with Crippen molar-refractivity contribution < 1.29 is 9.53 Å². The van der Waals surface area contributed by atoms with Crippen LogP contribution in [0.5, 0.6) is 0 Å². The molecular formula is C17H25ClN2O2. The number of rotatable bonds is 6. The maximum absolute atomic E-state index is 12.3. The molecule has 1 fully saturated rings. The minimum atomic E-state index is -0.643. The molecule has 1 aromatic rings.